The molecule has 2 aromatic heterocycles. The molecule has 2 heterocycles. The number of carbonyl (C=O) groups is 1. The van der Waals surface area contributed by atoms with Crippen LogP contribution in [0.15, 0.2) is 69.6 Å². The molecule has 112 valence electrons. The van der Waals surface area contributed by atoms with Crippen molar-refractivity contribution in [2.75, 3.05) is 0 Å². The molecule has 0 aliphatic carbocycles. The van der Waals surface area contributed by atoms with Gasteiger partial charge in [0.05, 0.1) is 5.56 Å². The van der Waals surface area contributed by atoms with Crippen LogP contribution in [0, 0.1) is 6.92 Å². The molecular weight excluding hydrogens is 290 g/mol. The molecule has 0 saturated heterocycles. The van der Waals surface area contributed by atoms with E-state index in [0.29, 0.717) is 22.6 Å². The van der Waals surface area contributed by atoms with Gasteiger partial charge < -0.3 is 8.94 Å². The molecule has 4 nitrogen and oxygen atoms in total. The molecule has 0 fully saturated rings. The minimum atomic E-state index is -0.223. The van der Waals surface area contributed by atoms with E-state index in [1.54, 1.807) is 13.0 Å². The molecule has 0 bridgehead atoms. The van der Waals surface area contributed by atoms with Gasteiger partial charge in [0.15, 0.2) is 5.76 Å². The number of hydrogen-bond donors (Lipinski definition) is 0. The Morgan fingerprint density at radius 3 is 2.52 bits per heavy atom. The number of rotatable bonds is 3. The zero-order valence-electron chi connectivity index (χ0n) is 12.4. The lowest BCUT2D eigenvalue weighted by Gasteiger charge is -2.00. The Hall–Kier alpha value is -3.14. The van der Waals surface area contributed by atoms with Crippen LogP contribution in [0.1, 0.15) is 21.9 Å². The van der Waals surface area contributed by atoms with Gasteiger partial charge in [-0.25, -0.2) is 0 Å². The van der Waals surface area contributed by atoms with Gasteiger partial charge in [-0.15, -0.1) is 0 Å². The summed E-state index contributed by atoms with van der Waals surface area (Å²) in [6.07, 6.45) is 0. The normalized spacial score (nSPS) is 11.0. The summed E-state index contributed by atoms with van der Waals surface area (Å²) in [7, 11) is 0. The largest absolute Gasteiger partial charge is 0.453 e. The van der Waals surface area contributed by atoms with Gasteiger partial charge in [0, 0.05) is 10.9 Å². The molecule has 0 radical (unpaired) electrons. The fourth-order valence-electron chi connectivity index (χ4n) is 2.65. The fraction of sp³-hybridized carbons (Fsp3) is 0.0526. The predicted octanol–water partition coefficient (Wildman–Crippen LogP) is 4.63. The molecule has 23 heavy (non-hydrogen) atoms. The van der Waals surface area contributed by atoms with Crippen LogP contribution in [0.3, 0.4) is 0 Å². The Balaban J connectivity index is 1.84. The Bertz CT molecular complexity index is 963. The zero-order chi connectivity index (χ0) is 15.8. The van der Waals surface area contributed by atoms with E-state index in [2.05, 4.69) is 5.16 Å². The van der Waals surface area contributed by atoms with Crippen LogP contribution in [0.25, 0.3) is 22.2 Å². The minimum absolute atomic E-state index is 0.223. The molecule has 0 aliphatic rings. The summed E-state index contributed by atoms with van der Waals surface area (Å²) in [5.74, 6) is 0.544. The minimum Gasteiger partial charge on any atom is -0.453 e. The van der Waals surface area contributed by atoms with Crippen LogP contribution in [-0.2, 0) is 0 Å². The van der Waals surface area contributed by atoms with Gasteiger partial charge in [0.2, 0.25) is 5.78 Å². The third-order valence-electron chi connectivity index (χ3n) is 3.79. The van der Waals surface area contributed by atoms with Crippen molar-refractivity contribution in [1.82, 2.24) is 5.16 Å². The molecule has 4 rings (SSSR count). The van der Waals surface area contributed by atoms with E-state index < -0.39 is 0 Å². The molecule has 0 N–H and O–H groups in total. The highest BCUT2D eigenvalue weighted by Gasteiger charge is 2.25. The van der Waals surface area contributed by atoms with E-state index in [0.717, 1.165) is 10.9 Å². The van der Waals surface area contributed by atoms with Gasteiger partial charge in [-0.1, -0.05) is 53.7 Å². The molecule has 0 saturated carbocycles. The first-order chi connectivity index (χ1) is 11.2. The molecule has 2 aromatic carbocycles. The summed E-state index contributed by atoms with van der Waals surface area (Å²) < 4.78 is 10.9. The van der Waals surface area contributed by atoms with Gasteiger partial charge >= 0.3 is 0 Å². The van der Waals surface area contributed by atoms with Crippen LogP contribution >= 0.6 is 0 Å². The smallest absolute Gasteiger partial charge is 0.234 e. The van der Waals surface area contributed by atoms with Crippen LogP contribution in [0.4, 0.5) is 0 Å². The maximum absolute atomic E-state index is 12.9. The molecule has 0 unspecified atom stereocenters. The Morgan fingerprint density at radius 1 is 1.00 bits per heavy atom. The standard InChI is InChI=1S/C19H13NO3/c1-12-17(18(20-23-12)13-7-3-2-4-8-13)19(21)16-11-14-9-5-6-10-15(14)22-16/h2-11H,1H3. The highest BCUT2D eigenvalue weighted by Crippen LogP contribution is 2.29. The maximum atomic E-state index is 12.9. The number of aryl methyl sites for hydroxylation is 1. The molecule has 0 aliphatic heterocycles. The van der Waals surface area contributed by atoms with Crippen molar-refractivity contribution in [3.63, 3.8) is 0 Å². The predicted molar refractivity (Wildman–Crippen MR) is 86.3 cm³/mol. The Kier molecular flexibility index (Phi) is 3.08. The number of para-hydroxylation sites is 1. The van der Waals surface area contributed by atoms with E-state index >= 15 is 0 Å². The first-order valence-electron chi connectivity index (χ1n) is 7.29. The number of furan rings is 1. The highest BCUT2D eigenvalue weighted by atomic mass is 16.5. The van der Waals surface area contributed by atoms with Crippen molar-refractivity contribution in [3.8, 4) is 11.3 Å². The molecular formula is C19H13NO3. The quantitative estimate of drug-likeness (QED) is 0.518. The summed E-state index contributed by atoms with van der Waals surface area (Å²) in [6.45, 7) is 1.73. The van der Waals surface area contributed by atoms with Crippen LogP contribution < -0.4 is 0 Å². The van der Waals surface area contributed by atoms with Gasteiger partial charge in [-0.05, 0) is 19.1 Å². The third-order valence-corrected chi connectivity index (χ3v) is 3.79. The topological polar surface area (TPSA) is 56.2 Å². The lowest BCUT2D eigenvalue weighted by atomic mass is 10.0. The number of carbonyl (C=O) groups excluding carboxylic acids is 1. The number of aromatic nitrogens is 1. The second-order valence-corrected chi connectivity index (χ2v) is 5.31. The monoisotopic (exact) mass is 303 g/mol. The second-order valence-electron chi connectivity index (χ2n) is 5.31. The third kappa shape index (κ3) is 2.25. The van der Waals surface area contributed by atoms with Crippen molar-refractivity contribution in [2.24, 2.45) is 0 Å². The fourth-order valence-corrected chi connectivity index (χ4v) is 2.65. The van der Waals surface area contributed by atoms with Gasteiger partial charge in [0.25, 0.3) is 0 Å². The summed E-state index contributed by atoms with van der Waals surface area (Å²) in [5, 5.41) is 4.94. The summed E-state index contributed by atoms with van der Waals surface area (Å²) in [6, 6.07) is 18.8. The SMILES string of the molecule is Cc1onc(-c2ccccc2)c1C(=O)c1cc2ccccc2o1. The number of ketones is 1. The number of nitrogens with zero attached hydrogens (tertiary/aromatic N) is 1. The zero-order valence-corrected chi connectivity index (χ0v) is 12.4. The first kappa shape index (κ1) is 13.5. The Morgan fingerprint density at radius 2 is 1.74 bits per heavy atom. The van der Waals surface area contributed by atoms with Crippen molar-refractivity contribution < 1.29 is 13.7 Å². The second kappa shape index (κ2) is 5.25. The average Bonchev–Trinajstić information content (AvgIpc) is 3.18. The van der Waals surface area contributed by atoms with Crippen molar-refractivity contribution in [2.45, 2.75) is 6.92 Å². The number of hydrogen-bond acceptors (Lipinski definition) is 4. The summed E-state index contributed by atoms with van der Waals surface area (Å²) >= 11 is 0. The first-order valence-corrected chi connectivity index (χ1v) is 7.29. The van der Waals surface area contributed by atoms with Crippen LogP contribution in [0.2, 0.25) is 0 Å². The lowest BCUT2D eigenvalue weighted by Crippen LogP contribution is -2.02. The van der Waals surface area contributed by atoms with E-state index in [4.69, 9.17) is 8.94 Å². The van der Waals surface area contributed by atoms with E-state index in [1.165, 1.54) is 0 Å². The molecule has 4 heteroatoms. The van der Waals surface area contributed by atoms with Crippen LogP contribution in [-0.4, -0.2) is 10.9 Å². The summed E-state index contributed by atoms with van der Waals surface area (Å²) in [4.78, 5) is 12.9. The van der Waals surface area contributed by atoms with E-state index in [9.17, 15) is 4.79 Å². The number of benzene rings is 2. The van der Waals surface area contributed by atoms with Crippen molar-refractivity contribution in [3.05, 3.63) is 77.7 Å². The molecule has 4 aromatic rings. The van der Waals surface area contributed by atoms with Crippen molar-refractivity contribution >= 4 is 16.8 Å². The molecule has 0 atom stereocenters. The summed E-state index contributed by atoms with van der Waals surface area (Å²) in [5.41, 5.74) is 2.50. The van der Waals surface area contributed by atoms with E-state index in [-0.39, 0.29) is 11.5 Å². The lowest BCUT2D eigenvalue weighted by molar-refractivity contribution is 0.101. The maximum Gasteiger partial charge on any atom is 0.234 e. The van der Waals surface area contributed by atoms with Crippen molar-refractivity contribution in [1.29, 1.82) is 0 Å². The molecule has 0 spiro atoms. The highest BCUT2D eigenvalue weighted by molar-refractivity contribution is 6.12. The van der Waals surface area contributed by atoms with E-state index in [1.807, 2.05) is 54.6 Å². The van der Waals surface area contributed by atoms with Crippen LogP contribution in [0.5, 0.6) is 0 Å². The van der Waals surface area contributed by atoms with Gasteiger partial charge in [0.1, 0.15) is 17.0 Å². The molecule has 0 amide bonds. The number of fused-ring (bicyclic) bond motifs is 1. The van der Waals surface area contributed by atoms with Gasteiger partial charge in [-0.3, -0.25) is 4.79 Å². The Labute approximate surface area is 132 Å². The van der Waals surface area contributed by atoms with Gasteiger partial charge in [-0.2, -0.15) is 0 Å². The average molecular weight is 303 g/mol.